The van der Waals surface area contributed by atoms with Crippen molar-refractivity contribution in [2.24, 2.45) is 0 Å². The van der Waals surface area contributed by atoms with Gasteiger partial charge in [-0.15, -0.1) is 0 Å². The summed E-state index contributed by atoms with van der Waals surface area (Å²) in [5, 5.41) is 8.92. The monoisotopic (exact) mass is 281 g/mol. The molecule has 0 atom stereocenters. The number of nitrogens with one attached hydrogen (secondary N) is 1. The Hall–Kier alpha value is -1.66. The quantitative estimate of drug-likeness (QED) is 0.823. The van der Waals surface area contributed by atoms with Gasteiger partial charge in [0, 0.05) is 6.04 Å². The van der Waals surface area contributed by atoms with E-state index in [2.05, 4.69) is 4.72 Å². The number of hydrogen-bond acceptors (Lipinski definition) is 3. The number of hydrogen-bond donors (Lipinski definition) is 2. The lowest BCUT2D eigenvalue weighted by molar-refractivity contribution is 0.0696. The molecule has 19 heavy (non-hydrogen) atoms. The Morgan fingerprint density at radius 3 is 2.53 bits per heavy atom. The van der Waals surface area contributed by atoms with Crippen molar-refractivity contribution in [2.75, 3.05) is 0 Å². The lowest BCUT2D eigenvalue weighted by Gasteiger charge is -2.14. The first-order valence-corrected chi connectivity index (χ1v) is 7.40. The summed E-state index contributed by atoms with van der Waals surface area (Å²) < 4.78 is 27.1. The van der Waals surface area contributed by atoms with Crippen LogP contribution in [0.4, 0.5) is 0 Å². The third-order valence-corrected chi connectivity index (χ3v) is 4.72. The third kappa shape index (κ3) is 3.02. The van der Waals surface area contributed by atoms with Crippen LogP contribution in [0.1, 0.15) is 28.8 Å². The minimum atomic E-state index is -3.68. The summed E-state index contributed by atoms with van der Waals surface area (Å²) in [6.45, 7) is 1.65. The fraction of sp³-hybridized carbons (Fsp3) is 0.308. The van der Waals surface area contributed by atoms with Gasteiger partial charge in [0.15, 0.2) is 0 Å². The Balaban J connectivity index is 2.33. The van der Waals surface area contributed by atoms with Crippen molar-refractivity contribution in [3.63, 3.8) is 0 Å². The largest absolute Gasteiger partial charge is 0.478 e. The van der Waals surface area contributed by atoms with Gasteiger partial charge in [0.25, 0.3) is 0 Å². The summed E-state index contributed by atoms with van der Waals surface area (Å²) in [4.78, 5) is 10.9. The minimum Gasteiger partial charge on any atom is -0.478 e. The summed E-state index contributed by atoms with van der Waals surface area (Å²) in [6.07, 6.45) is 5.18. The fourth-order valence-corrected chi connectivity index (χ4v) is 3.55. The van der Waals surface area contributed by atoms with Crippen molar-refractivity contribution >= 4 is 16.0 Å². The number of aryl methyl sites for hydroxylation is 1. The van der Waals surface area contributed by atoms with E-state index in [-0.39, 0.29) is 16.5 Å². The summed E-state index contributed by atoms with van der Waals surface area (Å²) in [5.74, 6) is -1.14. The van der Waals surface area contributed by atoms with E-state index >= 15 is 0 Å². The van der Waals surface area contributed by atoms with Gasteiger partial charge in [-0.05, 0) is 37.5 Å². The molecular weight excluding hydrogens is 266 g/mol. The van der Waals surface area contributed by atoms with Gasteiger partial charge in [-0.25, -0.2) is 17.9 Å². The molecule has 2 N–H and O–H groups in total. The first-order valence-electron chi connectivity index (χ1n) is 5.91. The van der Waals surface area contributed by atoms with Crippen molar-refractivity contribution in [2.45, 2.75) is 30.7 Å². The normalized spacial score (nSPS) is 15.8. The maximum atomic E-state index is 12.3. The predicted octanol–water partition coefficient (Wildman–Crippen LogP) is 1.69. The van der Waals surface area contributed by atoms with E-state index in [0.29, 0.717) is 18.4 Å². The number of carbonyl (C=O) groups is 1. The zero-order valence-corrected chi connectivity index (χ0v) is 11.3. The Bertz CT molecular complexity index is 626. The van der Waals surface area contributed by atoms with Crippen LogP contribution in [0.2, 0.25) is 0 Å². The number of carboxylic acids is 1. The summed E-state index contributed by atoms with van der Waals surface area (Å²) >= 11 is 0. The van der Waals surface area contributed by atoms with Crippen molar-refractivity contribution in [3.8, 4) is 0 Å². The number of rotatable bonds is 4. The molecule has 0 saturated heterocycles. The molecule has 0 aliphatic heterocycles. The second-order valence-corrected chi connectivity index (χ2v) is 6.23. The van der Waals surface area contributed by atoms with Gasteiger partial charge in [-0.3, -0.25) is 0 Å². The first-order chi connectivity index (χ1) is 8.90. The fourth-order valence-electron chi connectivity index (χ4n) is 2.02. The Labute approximate surface area is 112 Å². The van der Waals surface area contributed by atoms with Crippen LogP contribution < -0.4 is 4.72 Å². The van der Waals surface area contributed by atoms with Crippen molar-refractivity contribution in [3.05, 3.63) is 41.5 Å². The number of sulfonamides is 1. The molecule has 1 aromatic rings. The minimum absolute atomic E-state index is 0.0271. The van der Waals surface area contributed by atoms with Gasteiger partial charge in [0.1, 0.15) is 0 Å². The summed E-state index contributed by atoms with van der Waals surface area (Å²) in [5.41, 5.74) is 0.499. The molecule has 0 unspecified atom stereocenters. The van der Waals surface area contributed by atoms with Crippen LogP contribution in [0.3, 0.4) is 0 Å². The van der Waals surface area contributed by atoms with Crippen LogP contribution >= 0.6 is 0 Å². The van der Waals surface area contributed by atoms with Crippen molar-refractivity contribution < 1.29 is 18.3 Å². The standard InChI is InChI=1S/C13H15NO4S/c1-9-6-7-10(13(15)16)8-12(9)19(17,18)14-11-4-2-3-5-11/h2-3,6-8,11,14H,4-5H2,1H3,(H,15,16). The number of benzene rings is 1. The van der Waals surface area contributed by atoms with Gasteiger partial charge in [0.2, 0.25) is 10.0 Å². The van der Waals surface area contributed by atoms with E-state index in [1.54, 1.807) is 6.92 Å². The molecule has 6 heteroatoms. The molecule has 0 spiro atoms. The van der Waals surface area contributed by atoms with E-state index in [1.165, 1.54) is 18.2 Å². The van der Waals surface area contributed by atoms with Crippen LogP contribution in [0, 0.1) is 6.92 Å². The molecule has 0 radical (unpaired) electrons. The van der Waals surface area contributed by atoms with E-state index in [4.69, 9.17) is 5.11 Å². The van der Waals surface area contributed by atoms with Crippen LogP contribution in [0.15, 0.2) is 35.2 Å². The van der Waals surface area contributed by atoms with Crippen molar-refractivity contribution in [1.29, 1.82) is 0 Å². The van der Waals surface area contributed by atoms with Crippen LogP contribution in [0.5, 0.6) is 0 Å². The summed E-state index contributed by atoms with van der Waals surface area (Å²) in [7, 11) is -3.68. The number of carboxylic acid groups (broad SMARTS) is 1. The molecular formula is C13H15NO4S. The van der Waals surface area contributed by atoms with Gasteiger partial charge in [-0.2, -0.15) is 0 Å². The van der Waals surface area contributed by atoms with Gasteiger partial charge >= 0.3 is 5.97 Å². The van der Waals surface area contributed by atoms with Crippen LogP contribution in [0.25, 0.3) is 0 Å². The van der Waals surface area contributed by atoms with Gasteiger partial charge < -0.3 is 5.11 Å². The SMILES string of the molecule is Cc1ccc(C(=O)O)cc1S(=O)(=O)NC1CC=CC1. The highest BCUT2D eigenvalue weighted by Gasteiger charge is 2.23. The lowest BCUT2D eigenvalue weighted by atomic mass is 10.1. The predicted molar refractivity (Wildman–Crippen MR) is 70.6 cm³/mol. The van der Waals surface area contributed by atoms with Crippen LogP contribution in [-0.2, 0) is 10.0 Å². The van der Waals surface area contributed by atoms with Gasteiger partial charge in [-0.1, -0.05) is 18.2 Å². The first kappa shape index (κ1) is 13.8. The Kier molecular flexibility index (Phi) is 3.73. The molecule has 1 aromatic carbocycles. The third-order valence-electron chi connectivity index (χ3n) is 3.05. The molecule has 102 valence electrons. The van der Waals surface area contributed by atoms with E-state index in [0.717, 1.165) is 0 Å². The highest BCUT2D eigenvalue weighted by atomic mass is 32.2. The molecule has 1 aliphatic rings. The average molecular weight is 281 g/mol. The Morgan fingerprint density at radius 2 is 1.95 bits per heavy atom. The van der Waals surface area contributed by atoms with Gasteiger partial charge in [0.05, 0.1) is 10.5 Å². The van der Waals surface area contributed by atoms with E-state index < -0.39 is 16.0 Å². The average Bonchev–Trinajstić information content (AvgIpc) is 2.81. The second-order valence-electron chi connectivity index (χ2n) is 4.55. The Morgan fingerprint density at radius 1 is 1.32 bits per heavy atom. The second kappa shape index (κ2) is 5.14. The topological polar surface area (TPSA) is 83.5 Å². The molecule has 0 fully saturated rings. The molecule has 5 nitrogen and oxygen atoms in total. The highest BCUT2D eigenvalue weighted by molar-refractivity contribution is 7.89. The maximum Gasteiger partial charge on any atom is 0.335 e. The smallest absolute Gasteiger partial charge is 0.335 e. The maximum absolute atomic E-state index is 12.3. The molecule has 0 amide bonds. The molecule has 0 bridgehead atoms. The lowest BCUT2D eigenvalue weighted by Crippen LogP contribution is -2.33. The van der Waals surface area contributed by atoms with E-state index in [1.807, 2.05) is 12.2 Å². The molecule has 2 rings (SSSR count). The molecule has 0 aromatic heterocycles. The van der Waals surface area contributed by atoms with Crippen LogP contribution in [-0.4, -0.2) is 25.5 Å². The zero-order chi connectivity index (χ0) is 14.0. The molecule has 1 aliphatic carbocycles. The van der Waals surface area contributed by atoms with E-state index in [9.17, 15) is 13.2 Å². The zero-order valence-electron chi connectivity index (χ0n) is 10.5. The van der Waals surface area contributed by atoms with Crippen molar-refractivity contribution in [1.82, 2.24) is 4.72 Å². The molecule has 0 heterocycles. The highest BCUT2D eigenvalue weighted by Crippen LogP contribution is 2.19. The summed E-state index contributed by atoms with van der Waals surface area (Å²) in [6, 6.07) is 3.96. The molecule has 0 saturated carbocycles. The number of aromatic carboxylic acids is 1.